The smallest absolute Gasteiger partial charge is 0.256 e. The van der Waals surface area contributed by atoms with Crippen molar-refractivity contribution in [2.75, 3.05) is 0 Å². The molecule has 1 unspecified atom stereocenters. The number of carbonyl (C=O) groups is 1. The van der Waals surface area contributed by atoms with Crippen molar-refractivity contribution in [2.24, 2.45) is 5.84 Å². The lowest BCUT2D eigenvalue weighted by molar-refractivity contribution is -0.124. The average Bonchev–Trinajstić information content (AvgIpc) is 2.58. The Kier molecular flexibility index (Phi) is 2.82. The third kappa shape index (κ3) is 1.62. The van der Waals surface area contributed by atoms with E-state index in [4.69, 9.17) is 5.84 Å². The van der Waals surface area contributed by atoms with E-state index in [2.05, 4.69) is 10.4 Å². The molecule has 66 valence electrons. The van der Waals surface area contributed by atoms with E-state index >= 15 is 0 Å². The van der Waals surface area contributed by atoms with Crippen LogP contribution in [0, 0.1) is 0 Å². The fraction of sp³-hybridized carbons (Fsp3) is 0.429. The Morgan fingerprint density at radius 2 is 2.58 bits per heavy atom. The number of amides is 1. The first-order valence-corrected chi connectivity index (χ1v) is 3.77. The van der Waals surface area contributed by atoms with Crippen LogP contribution >= 0.6 is 0 Å². The van der Waals surface area contributed by atoms with Gasteiger partial charge in [-0.3, -0.25) is 10.2 Å². The molecule has 5 nitrogen and oxygen atoms in total. The van der Waals surface area contributed by atoms with Crippen LogP contribution in [-0.2, 0) is 4.79 Å². The van der Waals surface area contributed by atoms with Gasteiger partial charge >= 0.3 is 0 Å². The van der Waals surface area contributed by atoms with Crippen molar-refractivity contribution in [2.45, 2.75) is 19.4 Å². The topological polar surface area (TPSA) is 72.9 Å². The van der Waals surface area contributed by atoms with E-state index in [1.54, 1.807) is 23.3 Å². The molecule has 0 fully saturated rings. The molecule has 0 saturated heterocycles. The summed E-state index contributed by atoms with van der Waals surface area (Å²) >= 11 is 0. The van der Waals surface area contributed by atoms with E-state index in [-0.39, 0.29) is 11.9 Å². The molecular weight excluding hydrogens is 156 g/mol. The molecule has 1 rings (SSSR count). The third-order valence-electron chi connectivity index (χ3n) is 1.72. The van der Waals surface area contributed by atoms with Crippen LogP contribution in [0.15, 0.2) is 18.7 Å². The minimum atomic E-state index is -0.252. The number of aromatic nitrogens is 2. The normalized spacial score (nSPS) is 12.5. The van der Waals surface area contributed by atoms with Crippen LogP contribution in [0.5, 0.6) is 0 Å². The van der Waals surface area contributed by atoms with E-state index in [9.17, 15) is 4.79 Å². The number of rotatable bonds is 3. The van der Waals surface area contributed by atoms with Gasteiger partial charge in [0.05, 0.1) is 6.33 Å². The summed E-state index contributed by atoms with van der Waals surface area (Å²) in [5, 5.41) is 0. The summed E-state index contributed by atoms with van der Waals surface area (Å²) in [6, 6.07) is -0.252. The van der Waals surface area contributed by atoms with Crippen molar-refractivity contribution >= 4 is 5.91 Å². The van der Waals surface area contributed by atoms with E-state index in [1.165, 1.54) is 0 Å². The lowest BCUT2D eigenvalue weighted by Gasteiger charge is -2.13. The predicted molar refractivity (Wildman–Crippen MR) is 43.9 cm³/mol. The molecule has 5 heteroatoms. The number of nitrogens with one attached hydrogen (secondary N) is 1. The van der Waals surface area contributed by atoms with Gasteiger partial charge in [0.2, 0.25) is 0 Å². The van der Waals surface area contributed by atoms with Crippen molar-refractivity contribution in [3.05, 3.63) is 18.7 Å². The van der Waals surface area contributed by atoms with Gasteiger partial charge in [-0.05, 0) is 6.42 Å². The number of imidazole rings is 1. The molecule has 0 aliphatic carbocycles. The Morgan fingerprint density at radius 1 is 1.83 bits per heavy atom. The monoisotopic (exact) mass is 168 g/mol. The van der Waals surface area contributed by atoms with Gasteiger partial charge in [0.25, 0.3) is 5.91 Å². The summed E-state index contributed by atoms with van der Waals surface area (Å²) in [6.07, 6.45) is 5.67. The molecule has 12 heavy (non-hydrogen) atoms. The van der Waals surface area contributed by atoms with Crippen LogP contribution < -0.4 is 11.3 Å². The largest absolute Gasteiger partial charge is 0.325 e. The highest BCUT2D eigenvalue weighted by atomic mass is 16.2. The van der Waals surface area contributed by atoms with Gasteiger partial charge in [-0.1, -0.05) is 6.92 Å². The molecule has 0 aromatic carbocycles. The Hall–Kier alpha value is -1.36. The van der Waals surface area contributed by atoms with E-state index in [1.807, 2.05) is 6.92 Å². The van der Waals surface area contributed by atoms with Crippen LogP contribution in [0.4, 0.5) is 0 Å². The fourth-order valence-electron chi connectivity index (χ4n) is 1.08. The zero-order valence-corrected chi connectivity index (χ0v) is 6.90. The van der Waals surface area contributed by atoms with Crippen LogP contribution in [0.1, 0.15) is 19.4 Å². The minimum Gasteiger partial charge on any atom is -0.325 e. The predicted octanol–water partition coefficient (Wildman–Crippen LogP) is -0.176. The minimum absolute atomic E-state index is 0.199. The summed E-state index contributed by atoms with van der Waals surface area (Å²) in [5.41, 5.74) is 2.12. The molecule has 0 radical (unpaired) electrons. The molecular formula is C7H12N4O. The van der Waals surface area contributed by atoms with Gasteiger partial charge in [-0.25, -0.2) is 10.8 Å². The quantitative estimate of drug-likeness (QED) is 0.373. The van der Waals surface area contributed by atoms with Gasteiger partial charge < -0.3 is 4.57 Å². The fourth-order valence-corrected chi connectivity index (χ4v) is 1.08. The Balaban J connectivity index is 2.76. The maximum atomic E-state index is 11.2. The van der Waals surface area contributed by atoms with E-state index < -0.39 is 0 Å². The van der Waals surface area contributed by atoms with Gasteiger partial charge in [-0.2, -0.15) is 0 Å². The Bertz CT molecular complexity index is 244. The highest BCUT2D eigenvalue weighted by Crippen LogP contribution is 2.09. The second-order valence-corrected chi connectivity index (χ2v) is 2.44. The Morgan fingerprint density at radius 3 is 3.00 bits per heavy atom. The molecule has 0 aliphatic rings. The maximum Gasteiger partial charge on any atom is 0.256 e. The number of hydrazine groups is 1. The lowest BCUT2D eigenvalue weighted by atomic mass is 10.2. The van der Waals surface area contributed by atoms with E-state index in [0.717, 1.165) is 0 Å². The number of nitrogens with two attached hydrogens (primary N) is 1. The maximum absolute atomic E-state index is 11.2. The molecule has 1 atom stereocenters. The first-order valence-electron chi connectivity index (χ1n) is 3.77. The second-order valence-electron chi connectivity index (χ2n) is 2.44. The summed E-state index contributed by atoms with van der Waals surface area (Å²) in [6.45, 7) is 1.92. The van der Waals surface area contributed by atoms with Crippen LogP contribution in [0.2, 0.25) is 0 Å². The SMILES string of the molecule is CCC(C(=O)NN)n1ccnc1. The third-order valence-corrected chi connectivity index (χ3v) is 1.72. The van der Waals surface area contributed by atoms with Crippen molar-refractivity contribution in [3.8, 4) is 0 Å². The van der Waals surface area contributed by atoms with E-state index in [0.29, 0.717) is 6.42 Å². The summed E-state index contributed by atoms with van der Waals surface area (Å²) in [7, 11) is 0. The summed E-state index contributed by atoms with van der Waals surface area (Å²) in [5.74, 6) is 4.82. The highest BCUT2D eigenvalue weighted by molar-refractivity contribution is 5.79. The highest BCUT2D eigenvalue weighted by Gasteiger charge is 2.15. The first kappa shape index (κ1) is 8.73. The zero-order chi connectivity index (χ0) is 8.97. The van der Waals surface area contributed by atoms with Gasteiger partial charge in [0.1, 0.15) is 6.04 Å². The van der Waals surface area contributed by atoms with Crippen molar-refractivity contribution in [1.82, 2.24) is 15.0 Å². The van der Waals surface area contributed by atoms with Crippen molar-refractivity contribution in [1.29, 1.82) is 0 Å². The number of hydrogen-bond donors (Lipinski definition) is 2. The molecule has 0 spiro atoms. The zero-order valence-electron chi connectivity index (χ0n) is 6.90. The van der Waals surface area contributed by atoms with Gasteiger partial charge in [0.15, 0.2) is 0 Å². The molecule has 1 aromatic rings. The number of carbonyl (C=O) groups excluding carboxylic acids is 1. The first-order chi connectivity index (χ1) is 5.79. The van der Waals surface area contributed by atoms with Crippen molar-refractivity contribution in [3.63, 3.8) is 0 Å². The van der Waals surface area contributed by atoms with Gasteiger partial charge in [0, 0.05) is 12.4 Å². The number of nitrogens with zero attached hydrogens (tertiary/aromatic N) is 2. The van der Waals surface area contributed by atoms with Crippen LogP contribution in [0.25, 0.3) is 0 Å². The summed E-state index contributed by atoms with van der Waals surface area (Å²) in [4.78, 5) is 15.0. The number of hydrogen-bond acceptors (Lipinski definition) is 3. The molecule has 1 amide bonds. The molecule has 0 aliphatic heterocycles. The van der Waals surface area contributed by atoms with Gasteiger partial charge in [-0.15, -0.1) is 0 Å². The second kappa shape index (κ2) is 3.87. The standard InChI is InChI=1S/C7H12N4O/c1-2-6(7(12)10-8)11-4-3-9-5-11/h3-6H,2,8H2,1H3,(H,10,12). The molecule has 1 heterocycles. The van der Waals surface area contributed by atoms with Crippen LogP contribution in [-0.4, -0.2) is 15.5 Å². The molecule has 3 N–H and O–H groups in total. The van der Waals surface area contributed by atoms with Crippen molar-refractivity contribution < 1.29 is 4.79 Å². The summed E-state index contributed by atoms with van der Waals surface area (Å²) < 4.78 is 1.72. The Labute approximate surface area is 70.6 Å². The lowest BCUT2D eigenvalue weighted by Crippen LogP contribution is -2.36. The van der Waals surface area contributed by atoms with Crippen LogP contribution in [0.3, 0.4) is 0 Å². The molecule has 0 saturated carbocycles. The molecule has 0 bridgehead atoms. The molecule has 1 aromatic heterocycles. The average molecular weight is 168 g/mol.